The van der Waals surface area contributed by atoms with Crippen LogP contribution in [0.25, 0.3) is 0 Å². The van der Waals surface area contributed by atoms with Gasteiger partial charge in [-0.2, -0.15) is 0 Å². The minimum Gasteiger partial charge on any atom is -0.387 e. The van der Waals surface area contributed by atoms with E-state index in [4.69, 9.17) is 34.8 Å². The van der Waals surface area contributed by atoms with Gasteiger partial charge >= 0.3 is 0 Å². The van der Waals surface area contributed by atoms with E-state index in [0.717, 1.165) is 0 Å². The zero-order valence-corrected chi connectivity index (χ0v) is 13.2. The Morgan fingerprint density at radius 3 is 2.40 bits per heavy atom. The minimum atomic E-state index is -0.884. The van der Waals surface area contributed by atoms with Crippen molar-refractivity contribution in [2.24, 2.45) is 0 Å². The van der Waals surface area contributed by atoms with Gasteiger partial charge < -0.3 is 10.4 Å². The van der Waals surface area contributed by atoms with E-state index in [-0.39, 0.29) is 12.5 Å². The molecule has 0 aliphatic heterocycles. The molecule has 0 saturated carbocycles. The molecule has 2 N–H and O–H groups in total. The third-order valence-corrected chi connectivity index (χ3v) is 4.19. The zero-order valence-electron chi connectivity index (χ0n) is 10.1. The number of rotatable bonds is 4. The number of nitrogens with one attached hydrogen (secondary N) is 1. The van der Waals surface area contributed by atoms with Gasteiger partial charge in [0, 0.05) is 16.6 Å². The van der Waals surface area contributed by atoms with Crippen LogP contribution in [0.2, 0.25) is 14.4 Å². The maximum Gasteiger partial charge on any atom is 0.261 e. The molecule has 1 aromatic carbocycles. The normalized spacial score (nSPS) is 12.2. The number of thiophene rings is 1. The summed E-state index contributed by atoms with van der Waals surface area (Å²) in [5.74, 6) is -0.283. The fraction of sp³-hybridized carbons (Fsp3) is 0.154. The van der Waals surface area contributed by atoms with Crippen molar-refractivity contribution in [1.29, 1.82) is 0 Å². The fourth-order valence-electron chi connectivity index (χ4n) is 1.60. The van der Waals surface area contributed by atoms with Crippen molar-refractivity contribution in [3.8, 4) is 0 Å². The third kappa shape index (κ3) is 4.11. The summed E-state index contributed by atoms with van der Waals surface area (Å²) >= 11 is 18.7. The monoisotopic (exact) mass is 349 g/mol. The van der Waals surface area contributed by atoms with Crippen LogP contribution in [0.15, 0.2) is 30.3 Å². The topological polar surface area (TPSA) is 49.3 Å². The molecule has 1 amide bonds. The molecule has 1 unspecified atom stereocenters. The van der Waals surface area contributed by atoms with E-state index < -0.39 is 6.10 Å². The average Bonchev–Trinajstić information content (AvgIpc) is 2.81. The summed E-state index contributed by atoms with van der Waals surface area (Å²) in [7, 11) is 0. The van der Waals surface area contributed by atoms with Crippen LogP contribution in [-0.4, -0.2) is 17.6 Å². The SMILES string of the molecule is O=C(NCC(O)c1cc(Cl)cc(Cl)c1)c1ccc(Cl)s1. The van der Waals surface area contributed by atoms with E-state index in [1.807, 2.05) is 0 Å². The first kappa shape index (κ1) is 15.6. The van der Waals surface area contributed by atoms with E-state index in [0.29, 0.717) is 24.8 Å². The van der Waals surface area contributed by atoms with Gasteiger partial charge in [0.2, 0.25) is 0 Å². The molecule has 1 atom stereocenters. The largest absolute Gasteiger partial charge is 0.387 e. The lowest BCUT2D eigenvalue weighted by Gasteiger charge is -2.12. The quantitative estimate of drug-likeness (QED) is 0.869. The maximum atomic E-state index is 11.8. The van der Waals surface area contributed by atoms with Crippen molar-refractivity contribution >= 4 is 52.0 Å². The van der Waals surface area contributed by atoms with Crippen molar-refractivity contribution in [2.45, 2.75) is 6.10 Å². The van der Waals surface area contributed by atoms with Gasteiger partial charge in [-0.05, 0) is 35.9 Å². The van der Waals surface area contributed by atoms with Crippen molar-refractivity contribution in [1.82, 2.24) is 5.32 Å². The molecule has 3 nitrogen and oxygen atoms in total. The summed E-state index contributed by atoms with van der Waals surface area (Å²) in [6.07, 6.45) is -0.884. The van der Waals surface area contributed by atoms with E-state index >= 15 is 0 Å². The highest BCUT2D eigenvalue weighted by atomic mass is 35.5. The molecule has 0 aliphatic carbocycles. The number of benzene rings is 1. The molecule has 0 fully saturated rings. The van der Waals surface area contributed by atoms with Crippen LogP contribution in [0.4, 0.5) is 0 Å². The maximum absolute atomic E-state index is 11.8. The minimum absolute atomic E-state index is 0.0605. The van der Waals surface area contributed by atoms with E-state index in [2.05, 4.69) is 5.32 Å². The second kappa shape index (κ2) is 6.78. The highest BCUT2D eigenvalue weighted by Gasteiger charge is 2.13. The van der Waals surface area contributed by atoms with Gasteiger partial charge in [0.05, 0.1) is 15.3 Å². The summed E-state index contributed by atoms with van der Waals surface area (Å²) in [5.41, 5.74) is 0.548. The Labute approximate surface area is 135 Å². The number of aliphatic hydroxyl groups is 1. The van der Waals surface area contributed by atoms with Crippen LogP contribution < -0.4 is 5.32 Å². The molecule has 1 aromatic heterocycles. The number of aliphatic hydroxyl groups excluding tert-OH is 1. The predicted molar refractivity (Wildman–Crippen MR) is 83.1 cm³/mol. The molecule has 0 bridgehead atoms. The Hall–Kier alpha value is -0.780. The van der Waals surface area contributed by atoms with Crippen molar-refractivity contribution < 1.29 is 9.90 Å². The Kier molecular flexibility index (Phi) is 5.29. The van der Waals surface area contributed by atoms with Gasteiger partial charge in [-0.3, -0.25) is 4.79 Å². The van der Waals surface area contributed by atoms with Crippen LogP contribution in [-0.2, 0) is 0 Å². The number of halogens is 3. The van der Waals surface area contributed by atoms with E-state index in [1.54, 1.807) is 30.3 Å². The number of hydrogen-bond donors (Lipinski definition) is 2. The van der Waals surface area contributed by atoms with Gasteiger partial charge in [0.1, 0.15) is 0 Å². The number of carbonyl (C=O) groups excluding carboxylic acids is 1. The Bertz CT molecular complexity index is 610. The Morgan fingerprint density at radius 1 is 1.20 bits per heavy atom. The van der Waals surface area contributed by atoms with Crippen LogP contribution in [0.1, 0.15) is 21.3 Å². The summed E-state index contributed by atoms with van der Waals surface area (Å²) in [6, 6.07) is 8.06. The molecule has 1 heterocycles. The molecule has 20 heavy (non-hydrogen) atoms. The lowest BCUT2D eigenvalue weighted by molar-refractivity contribution is 0.0920. The lowest BCUT2D eigenvalue weighted by Crippen LogP contribution is -2.27. The highest BCUT2D eigenvalue weighted by Crippen LogP contribution is 2.24. The zero-order chi connectivity index (χ0) is 14.7. The second-order valence-corrected chi connectivity index (χ2v) is 6.62. The van der Waals surface area contributed by atoms with Gasteiger partial charge in [0.25, 0.3) is 5.91 Å². The smallest absolute Gasteiger partial charge is 0.261 e. The fourth-order valence-corrected chi connectivity index (χ4v) is 3.10. The average molecular weight is 351 g/mol. The van der Waals surface area contributed by atoms with Crippen LogP contribution in [0.5, 0.6) is 0 Å². The second-order valence-electron chi connectivity index (χ2n) is 4.03. The van der Waals surface area contributed by atoms with Crippen LogP contribution in [0, 0.1) is 0 Å². The van der Waals surface area contributed by atoms with Crippen molar-refractivity contribution in [3.63, 3.8) is 0 Å². The molecular formula is C13H10Cl3NO2S. The van der Waals surface area contributed by atoms with Gasteiger partial charge in [-0.1, -0.05) is 34.8 Å². The number of carbonyl (C=O) groups is 1. The molecule has 0 saturated heterocycles. The van der Waals surface area contributed by atoms with E-state index in [1.165, 1.54) is 11.3 Å². The molecule has 2 aromatic rings. The Balaban J connectivity index is 1.98. The van der Waals surface area contributed by atoms with Crippen molar-refractivity contribution in [3.05, 3.63) is 55.2 Å². The molecule has 0 spiro atoms. The Morgan fingerprint density at radius 2 is 1.85 bits per heavy atom. The summed E-state index contributed by atoms with van der Waals surface area (Å²) < 4.78 is 0.539. The van der Waals surface area contributed by atoms with Gasteiger partial charge in [0.15, 0.2) is 0 Å². The molecular weight excluding hydrogens is 341 g/mol. The first-order valence-corrected chi connectivity index (χ1v) is 7.58. The summed E-state index contributed by atoms with van der Waals surface area (Å²) in [4.78, 5) is 12.3. The van der Waals surface area contributed by atoms with Crippen LogP contribution in [0.3, 0.4) is 0 Å². The standard InChI is InChI=1S/C13H10Cl3NO2S/c14-8-3-7(4-9(15)5-8)10(18)6-17-13(19)11-1-2-12(16)20-11/h1-5,10,18H,6H2,(H,17,19). The molecule has 2 rings (SSSR count). The lowest BCUT2D eigenvalue weighted by atomic mass is 10.1. The summed E-state index contributed by atoms with van der Waals surface area (Å²) in [5, 5.41) is 13.5. The first-order chi connectivity index (χ1) is 9.45. The number of hydrogen-bond acceptors (Lipinski definition) is 3. The molecule has 7 heteroatoms. The third-order valence-electron chi connectivity index (χ3n) is 2.52. The molecule has 106 valence electrons. The summed E-state index contributed by atoms with van der Waals surface area (Å²) in [6.45, 7) is 0.0605. The highest BCUT2D eigenvalue weighted by molar-refractivity contribution is 7.17. The first-order valence-electron chi connectivity index (χ1n) is 5.63. The molecule has 0 radical (unpaired) electrons. The predicted octanol–water partition coefficient (Wildman–Crippen LogP) is 4.17. The van der Waals surface area contributed by atoms with Gasteiger partial charge in [-0.25, -0.2) is 0 Å². The molecule has 0 aliphatic rings. The van der Waals surface area contributed by atoms with E-state index in [9.17, 15) is 9.90 Å². The van der Waals surface area contributed by atoms with Crippen molar-refractivity contribution in [2.75, 3.05) is 6.54 Å². The number of amides is 1. The van der Waals surface area contributed by atoms with Gasteiger partial charge in [-0.15, -0.1) is 11.3 Å². The van der Waals surface area contributed by atoms with Crippen LogP contribution >= 0.6 is 46.1 Å².